The summed E-state index contributed by atoms with van der Waals surface area (Å²) in [6.07, 6.45) is 9.09. The number of fused-ring (bicyclic) bond motifs is 3. The monoisotopic (exact) mass is 433 g/mol. The van der Waals surface area contributed by atoms with Crippen LogP contribution in [0, 0.1) is 5.92 Å². The quantitative estimate of drug-likeness (QED) is 0.556. The van der Waals surface area contributed by atoms with Crippen LogP contribution in [0.15, 0.2) is 9.95 Å². The standard InChI is InChI=1S/C22H31N3O2S2/c1-4-25-21(27)18-15-10-6-8-12-17(15)29-20(18)24-22(25)28-14(3)19(26)23-16-11-7-5-9-13(16)2/h13-14,16H,4-12H2,1-3H3,(H,23,26). The van der Waals surface area contributed by atoms with Gasteiger partial charge in [-0.2, -0.15) is 0 Å². The Morgan fingerprint density at radius 1 is 1.28 bits per heavy atom. The minimum absolute atomic E-state index is 0.0521. The fourth-order valence-corrected chi connectivity index (χ4v) is 6.92. The molecule has 0 aromatic carbocycles. The summed E-state index contributed by atoms with van der Waals surface area (Å²) in [4.78, 5) is 33.1. The van der Waals surface area contributed by atoms with Crippen molar-refractivity contribution < 1.29 is 4.79 Å². The molecule has 158 valence electrons. The van der Waals surface area contributed by atoms with E-state index in [1.54, 1.807) is 15.9 Å². The number of thioether (sulfide) groups is 1. The normalized spacial score (nSPS) is 23.0. The van der Waals surface area contributed by atoms with E-state index in [1.165, 1.54) is 47.9 Å². The molecule has 2 heterocycles. The first kappa shape index (κ1) is 20.9. The Hall–Kier alpha value is -1.34. The van der Waals surface area contributed by atoms with Crippen LogP contribution < -0.4 is 10.9 Å². The second-order valence-electron chi connectivity index (χ2n) is 8.47. The predicted molar refractivity (Wildman–Crippen MR) is 121 cm³/mol. The topological polar surface area (TPSA) is 64.0 Å². The minimum Gasteiger partial charge on any atom is -0.352 e. The lowest BCUT2D eigenvalue weighted by molar-refractivity contribution is -0.121. The van der Waals surface area contributed by atoms with Crippen molar-refractivity contribution >= 4 is 39.2 Å². The largest absolute Gasteiger partial charge is 0.352 e. The summed E-state index contributed by atoms with van der Waals surface area (Å²) < 4.78 is 1.75. The van der Waals surface area contributed by atoms with Crippen LogP contribution in [0.5, 0.6) is 0 Å². The van der Waals surface area contributed by atoms with E-state index >= 15 is 0 Å². The summed E-state index contributed by atoms with van der Waals surface area (Å²) >= 11 is 3.09. The molecule has 2 aliphatic rings. The number of thiophene rings is 1. The Bertz CT molecular complexity index is 965. The maximum Gasteiger partial charge on any atom is 0.263 e. The molecule has 1 N–H and O–H groups in total. The van der Waals surface area contributed by atoms with Gasteiger partial charge in [0, 0.05) is 17.5 Å². The van der Waals surface area contributed by atoms with Crippen molar-refractivity contribution in [2.75, 3.05) is 0 Å². The first-order valence-electron chi connectivity index (χ1n) is 11.0. The van der Waals surface area contributed by atoms with Crippen molar-refractivity contribution in [3.05, 3.63) is 20.8 Å². The molecule has 5 nitrogen and oxygen atoms in total. The Labute approximate surface area is 180 Å². The third-order valence-corrected chi connectivity index (χ3v) is 8.72. The Morgan fingerprint density at radius 3 is 2.79 bits per heavy atom. The van der Waals surface area contributed by atoms with Gasteiger partial charge in [-0.15, -0.1) is 11.3 Å². The molecule has 1 saturated carbocycles. The number of amides is 1. The lowest BCUT2D eigenvalue weighted by Crippen LogP contribution is -2.44. The summed E-state index contributed by atoms with van der Waals surface area (Å²) in [7, 11) is 0. The summed E-state index contributed by atoms with van der Waals surface area (Å²) in [5.74, 6) is 0.585. The predicted octanol–water partition coefficient (Wildman–Crippen LogP) is 4.53. The first-order valence-corrected chi connectivity index (χ1v) is 12.7. The minimum atomic E-state index is -0.277. The number of aromatic nitrogens is 2. The summed E-state index contributed by atoms with van der Waals surface area (Å²) in [6.45, 7) is 6.70. The lowest BCUT2D eigenvalue weighted by atomic mass is 9.86. The molecule has 0 saturated heterocycles. The highest BCUT2D eigenvalue weighted by Gasteiger charge is 2.27. The number of nitrogens with one attached hydrogen (secondary N) is 1. The number of aryl methyl sites for hydroxylation is 2. The second kappa shape index (κ2) is 8.80. The summed E-state index contributed by atoms with van der Waals surface area (Å²) in [6, 6.07) is 0.270. The molecular formula is C22H31N3O2S2. The second-order valence-corrected chi connectivity index (χ2v) is 10.9. The third-order valence-electron chi connectivity index (χ3n) is 6.45. The van der Waals surface area contributed by atoms with Crippen molar-refractivity contribution in [1.82, 2.24) is 14.9 Å². The van der Waals surface area contributed by atoms with Crippen LogP contribution in [0.2, 0.25) is 0 Å². The molecule has 1 amide bonds. The molecule has 0 radical (unpaired) electrons. The van der Waals surface area contributed by atoms with Gasteiger partial charge in [-0.05, 0) is 63.9 Å². The molecule has 7 heteroatoms. The van der Waals surface area contributed by atoms with Crippen LogP contribution in [0.4, 0.5) is 0 Å². The van der Waals surface area contributed by atoms with Gasteiger partial charge >= 0.3 is 0 Å². The number of rotatable bonds is 5. The zero-order valence-electron chi connectivity index (χ0n) is 17.6. The van der Waals surface area contributed by atoms with Crippen molar-refractivity contribution in [2.24, 2.45) is 5.92 Å². The van der Waals surface area contributed by atoms with Crippen LogP contribution in [-0.4, -0.2) is 26.8 Å². The molecule has 0 aliphatic heterocycles. The maximum atomic E-state index is 13.2. The van der Waals surface area contributed by atoms with Gasteiger partial charge < -0.3 is 5.32 Å². The van der Waals surface area contributed by atoms with E-state index in [9.17, 15) is 9.59 Å². The Kier molecular flexibility index (Phi) is 6.35. The Morgan fingerprint density at radius 2 is 2.03 bits per heavy atom. The highest BCUT2D eigenvalue weighted by Crippen LogP contribution is 2.35. The van der Waals surface area contributed by atoms with Gasteiger partial charge in [-0.3, -0.25) is 14.2 Å². The molecular weight excluding hydrogens is 402 g/mol. The van der Waals surface area contributed by atoms with Crippen LogP contribution in [0.1, 0.15) is 69.7 Å². The highest BCUT2D eigenvalue weighted by atomic mass is 32.2. The number of hydrogen-bond acceptors (Lipinski definition) is 5. The third kappa shape index (κ3) is 4.13. The number of hydrogen-bond donors (Lipinski definition) is 1. The molecule has 0 bridgehead atoms. The molecule has 29 heavy (non-hydrogen) atoms. The van der Waals surface area contributed by atoms with E-state index in [2.05, 4.69) is 12.2 Å². The van der Waals surface area contributed by atoms with Crippen LogP contribution in [0.25, 0.3) is 10.2 Å². The summed E-state index contributed by atoms with van der Waals surface area (Å²) in [5.41, 5.74) is 1.29. The average molecular weight is 434 g/mol. The molecule has 2 aromatic rings. The van der Waals surface area contributed by atoms with E-state index in [1.807, 2.05) is 13.8 Å². The van der Waals surface area contributed by atoms with Crippen LogP contribution >= 0.6 is 23.1 Å². The first-order chi connectivity index (χ1) is 14.0. The molecule has 1 fully saturated rings. The van der Waals surface area contributed by atoms with Crippen LogP contribution in [-0.2, 0) is 24.2 Å². The zero-order valence-corrected chi connectivity index (χ0v) is 19.3. The highest BCUT2D eigenvalue weighted by molar-refractivity contribution is 8.00. The SMILES string of the molecule is CCn1c(SC(C)C(=O)NC2CCCCC2C)nc2sc3c(c2c1=O)CCCC3. The number of carbonyl (C=O) groups excluding carboxylic acids is 1. The fraction of sp³-hybridized carbons (Fsp3) is 0.682. The molecule has 3 unspecified atom stereocenters. The van der Waals surface area contributed by atoms with E-state index in [4.69, 9.17) is 4.98 Å². The van der Waals surface area contributed by atoms with Crippen molar-refractivity contribution in [3.8, 4) is 0 Å². The van der Waals surface area contributed by atoms with Gasteiger partial charge in [0.2, 0.25) is 5.91 Å². The van der Waals surface area contributed by atoms with Gasteiger partial charge in [0.1, 0.15) is 4.83 Å². The smallest absolute Gasteiger partial charge is 0.263 e. The summed E-state index contributed by atoms with van der Waals surface area (Å²) in [5, 5.41) is 4.46. The zero-order chi connectivity index (χ0) is 20.5. The van der Waals surface area contributed by atoms with Gasteiger partial charge in [0.15, 0.2) is 5.16 Å². The lowest BCUT2D eigenvalue weighted by Gasteiger charge is -2.30. The molecule has 4 rings (SSSR count). The molecule has 2 aliphatic carbocycles. The number of nitrogens with zero attached hydrogens (tertiary/aromatic N) is 2. The molecule has 3 atom stereocenters. The van der Waals surface area contributed by atoms with Crippen molar-refractivity contribution in [2.45, 2.75) is 95.1 Å². The van der Waals surface area contributed by atoms with E-state index in [0.29, 0.717) is 17.6 Å². The van der Waals surface area contributed by atoms with Gasteiger partial charge in [0.05, 0.1) is 10.6 Å². The van der Waals surface area contributed by atoms with Gasteiger partial charge in [0.25, 0.3) is 5.56 Å². The fourth-order valence-electron chi connectivity index (χ4n) is 4.63. The van der Waals surface area contributed by atoms with Crippen molar-refractivity contribution in [3.63, 3.8) is 0 Å². The van der Waals surface area contributed by atoms with Gasteiger partial charge in [-0.1, -0.05) is 31.5 Å². The van der Waals surface area contributed by atoms with E-state index < -0.39 is 0 Å². The number of carbonyl (C=O) groups is 1. The maximum absolute atomic E-state index is 13.2. The van der Waals surface area contributed by atoms with E-state index in [-0.39, 0.29) is 22.8 Å². The van der Waals surface area contributed by atoms with Crippen molar-refractivity contribution in [1.29, 1.82) is 0 Å². The van der Waals surface area contributed by atoms with Gasteiger partial charge in [-0.25, -0.2) is 4.98 Å². The van der Waals surface area contributed by atoms with E-state index in [0.717, 1.165) is 35.9 Å². The van der Waals surface area contributed by atoms with Crippen LogP contribution in [0.3, 0.4) is 0 Å². The average Bonchev–Trinajstić information content (AvgIpc) is 3.08. The molecule has 0 spiro atoms. The Balaban J connectivity index is 1.58. The molecule has 2 aromatic heterocycles.